The molecule has 5 rings (SSSR count). The number of hydrogen-bond acceptors (Lipinski definition) is 3. The van der Waals surface area contributed by atoms with Crippen molar-refractivity contribution >= 4 is 22.7 Å². The van der Waals surface area contributed by atoms with E-state index in [-0.39, 0.29) is 23.7 Å². The number of nitrogens with one attached hydrogen (secondary N) is 2. The van der Waals surface area contributed by atoms with E-state index in [0.717, 1.165) is 33.5 Å². The molecule has 2 N–H and O–H groups in total. The van der Waals surface area contributed by atoms with Gasteiger partial charge in [-0.2, -0.15) is 0 Å². The lowest BCUT2D eigenvalue weighted by atomic mass is 9.69. The summed E-state index contributed by atoms with van der Waals surface area (Å²) in [6.07, 6.45) is 0.693. The Balaban J connectivity index is 1.77. The van der Waals surface area contributed by atoms with Crippen molar-refractivity contribution in [1.82, 2.24) is 10.3 Å². The number of carbonyl (C=O) groups excluding carboxylic acids is 2. The summed E-state index contributed by atoms with van der Waals surface area (Å²) < 4.78 is 5.54. The maximum absolute atomic E-state index is 12.7. The van der Waals surface area contributed by atoms with Gasteiger partial charge < -0.3 is 9.72 Å². The van der Waals surface area contributed by atoms with Gasteiger partial charge in [-0.1, -0.05) is 36.4 Å². The van der Waals surface area contributed by atoms with Crippen LogP contribution in [-0.2, 0) is 16.0 Å². The van der Waals surface area contributed by atoms with E-state index in [1.165, 1.54) is 0 Å². The number of rotatable bonds is 2. The lowest BCUT2D eigenvalue weighted by Crippen LogP contribution is -2.30. The number of aromatic nitrogens is 1. The molecule has 1 aromatic heterocycles. The van der Waals surface area contributed by atoms with E-state index in [0.29, 0.717) is 6.42 Å². The number of methoxy groups -OCH3 is 1. The number of ether oxygens (including phenoxy) is 1. The summed E-state index contributed by atoms with van der Waals surface area (Å²) in [5, 5.41) is 3.47. The van der Waals surface area contributed by atoms with Crippen LogP contribution in [0.3, 0.4) is 0 Å². The zero-order valence-electron chi connectivity index (χ0n) is 14.3. The predicted octanol–water partition coefficient (Wildman–Crippen LogP) is 2.87. The van der Waals surface area contributed by atoms with Gasteiger partial charge in [0, 0.05) is 22.5 Å². The van der Waals surface area contributed by atoms with Crippen LogP contribution in [0.15, 0.2) is 48.5 Å². The molecule has 1 saturated heterocycles. The van der Waals surface area contributed by atoms with Gasteiger partial charge in [0.1, 0.15) is 5.75 Å². The molecule has 2 aliphatic rings. The number of H-pyrrole nitrogens is 1. The molecule has 5 nitrogen and oxygen atoms in total. The SMILES string of the molecule is COc1cccc2[nH]c3c(c12)C1C(=O)NC(=O)C1C(c1ccccc1)C3. The van der Waals surface area contributed by atoms with Crippen molar-refractivity contribution in [2.75, 3.05) is 7.11 Å². The van der Waals surface area contributed by atoms with Crippen molar-refractivity contribution in [3.8, 4) is 5.75 Å². The van der Waals surface area contributed by atoms with Gasteiger partial charge in [-0.05, 0) is 29.7 Å². The minimum atomic E-state index is -0.485. The molecule has 3 unspecified atom stereocenters. The van der Waals surface area contributed by atoms with Crippen molar-refractivity contribution in [2.24, 2.45) is 5.92 Å². The molecule has 2 heterocycles. The highest BCUT2D eigenvalue weighted by molar-refractivity contribution is 6.11. The third-order valence-corrected chi connectivity index (χ3v) is 5.71. The first kappa shape index (κ1) is 15.2. The molecule has 0 saturated carbocycles. The summed E-state index contributed by atoms with van der Waals surface area (Å²) in [7, 11) is 1.63. The Morgan fingerprint density at radius 2 is 1.81 bits per heavy atom. The standard InChI is InChI=1S/C21H18N2O3/c1-26-15-9-5-8-13-17(15)18-14(22-13)10-12(11-6-3-2-4-7-11)16-19(18)21(25)23-20(16)24/h2-9,12,16,19,22H,10H2,1H3,(H,23,24,25). The quantitative estimate of drug-likeness (QED) is 0.701. The van der Waals surface area contributed by atoms with Crippen LogP contribution in [0.1, 0.15) is 28.7 Å². The second kappa shape index (κ2) is 5.46. The van der Waals surface area contributed by atoms with Crippen molar-refractivity contribution in [3.05, 3.63) is 65.4 Å². The van der Waals surface area contributed by atoms with Crippen LogP contribution < -0.4 is 10.1 Å². The van der Waals surface area contributed by atoms with E-state index in [2.05, 4.69) is 10.3 Å². The molecule has 26 heavy (non-hydrogen) atoms. The maximum atomic E-state index is 12.7. The third-order valence-electron chi connectivity index (χ3n) is 5.71. The molecule has 2 aromatic carbocycles. The predicted molar refractivity (Wildman–Crippen MR) is 97.1 cm³/mol. The largest absolute Gasteiger partial charge is 0.496 e. The zero-order valence-corrected chi connectivity index (χ0v) is 14.3. The first-order chi connectivity index (χ1) is 12.7. The Kier molecular flexibility index (Phi) is 3.19. The monoisotopic (exact) mass is 346 g/mol. The fourth-order valence-electron chi connectivity index (χ4n) is 4.66. The maximum Gasteiger partial charge on any atom is 0.235 e. The van der Waals surface area contributed by atoms with Gasteiger partial charge in [-0.15, -0.1) is 0 Å². The Bertz CT molecular complexity index is 1040. The molecule has 1 aliphatic heterocycles. The lowest BCUT2D eigenvalue weighted by molar-refractivity contribution is -0.126. The van der Waals surface area contributed by atoms with E-state index >= 15 is 0 Å². The van der Waals surface area contributed by atoms with Crippen molar-refractivity contribution < 1.29 is 14.3 Å². The van der Waals surface area contributed by atoms with Crippen LogP contribution >= 0.6 is 0 Å². The molecule has 2 amide bonds. The Morgan fingerprint density at radius 3 is 2.58 bits per heavy atom. The minimum absolute atomic E-state index is 0.0285. The van der Waals surface area contributed by atoms with Crippen LogP contribution in [-0.4, -0.2) is 23.9 Å². The average Bonchev–Trinajstić information content (AvgIpc) is 3.18. The average molecular weight is 346 g/mol. The molecule has 3 atom stereocenters. The molecule has 0 bridgehead atoms. The normalized spacial score (nSPS) is 24.3. The number of carbonyl (C=O) groups is 2. The van der Waals surface area contributed by atoms with Crippen LogP contribution in [0.4, 0.5) is 0 Å². The summed E-state index contributed by atoms with van der Waals surface area (Å²) in [6.45, 7) is 0. The number of fused-ring (bicyclic) bond motifs is 5. The van der Waals surface area contributed by atoms with Crippen LogP contribution in [0, 0.1) is 5.92 Å². The number of aromatic amines is 1. The van der Waals surface area contributed by atoms with Gasteiger partial charge >= 0.3 is 0 Å². The first-order valence-electron chi connectivity index (χ1n) is 8.76. The lowest BCUT2D eigenvalue weighted by Gasteiger charge is -2.31. The molecule has 3 aromatic rings. The number of amides is 2. The molecule has 1 aliphatic carbocycles. The van der Waals surface area contributed by atoms with Gasteiger partial charge in [-0.3, -0.25) is 14.9 Å². The molecular formula is C21H18N2O3. The first-order valence-corrected chi connectivity index (χ1v) is 8.76. The smallest absolute Gasteiger partial charge is 0.235 e. The Labute approximate surface area is 150 Å². The summed E-state index contributed by atoms with van der Waals surface area (Å²) in [6, 6.07) is 15.8. The topological polar surface area (TPSA) is 71.2 Å². The molecular weight excluding hydrogens is 328 g/mol. The van der Waals surface area contributed by atoms with Gasteiger partial charge in [0.25, 0.3) is 0 Å². The van der Waals surface area contributed by atoms with E-state index in [4.69, 9.17) is 4.74 Å². The highest BCUT2D eigenvalue weighted by Crippen LogP contribution is 2.50. The molecule has 130 valence electrons. The Hall–Kier alpha value is -3.08. The second-order valence-corrected chi connectivity index (χ2v) is 6.98. The fraction of sp³-hybridized carbons (Fsp3) is 0.238. The highest BCUT2D eigenvalue weighted by Gasteiger charge is 2.52. The van der Waals surface area contributed by atoms with Crippen molar-refractivity contribution in [1.29, 1.82) is 0 Å². The second-order valence-electron chi connectivity index (χ2n) is 6.98. The van der Waals surface area contributed by atoms with E-state index in [9.17, 15) is 9.59 Å². The van der Waals surface area contributed by atoms with E-state index in [1.807, 2.05) is 48.5 Å². The van der Waals surface area contributed by atoms with Crippen molar-refractivity contribution in [3.63, 3.8) is 0 Å². The van der Waals surface area contributed by atoms with Crippen molar-refractivity contribution in [2.45, 2.75) is 18.3 Å². The molecule has 0 radical (unpaired) electrons. The van der Waals surface area contributed by atoms with E-state index in [1.54, 1.807) is 7.11 Å². The summed E-state index contributed by atoms with van der Waals surface area (Å²) in [5.74, 6) is -0.566. The van der Waals surface area contributed by atoms with E-state index < -0.39 is 5.92 Å². The van der Waals surface area contributed by atoms with Gasteiger partial charge in [0.2, 0.25) is 11.8 Å². The molecule has 5 heteroatoms. The number of hydrogen-bond donors (Lipinski definition) is 2. The highest BCUT2D eigenvalue weighted by atomic mass is 16.5. The minimum Gasteiger partial charge on any atom is -0.496 e. The number of imide groups is 1. The van der Waals surface area contributed by atoms with Gasteiger partial charge in [0.05, 0.1) is 18.9 Å². The van der Waals surface area contributed by atoms with Crippen LogP contribution in [0.2, 0.25) is 0 Å². The molecule has 0 spiro atoms. The molecule has 1 fully saturated rings. The summed E-state index contributed by atoms with van der Waals surface area (Å²) >= 11 is 0. The summed E-state index contributed by atoms with van der Waals surface area (Å²) in [4.78, 5) is 28.8. The number of benzene rings is 2. The third kappa shape index (κ3) is 1.97. The van der Waals surface area contributed by atoms with Crippen LogP contribution in [0.5, 0.6) is 5.75 Å². The van der Waals surface area contributed by atoms with Crippen LogP contribution in [0.25, 0.3) is 10.9 Å². The Morgan fingerprint density at radius 1 is 1.00 bits per heavy atom. The fourth-order valence-corrected chi connectivity index (χ4v) is 4.66. The van der Waals surface area contributed by atoms with Gasteiger partial charge in [0.15, 0.2) is 0 Å². The summed E-state index contributed by atoms with van der Waals surface area (Å²) in [5.41, 5.74) is 3.96. The zero-order chi connectivity index (χ0) is 17.8. The van der Waals surface area contributed by atoms with Gasteiger partial charge in [-0.25, -0.2) is 0 Å².